The summed E-state index contributed by atoms with van der Waals surface area (Å²) < 4.78 is 5.61. The van der Waals surface area contributed by atoms with Crippen molar-refractivity contribution in [3.05, 3.63) is 24.3 Å². The van der Waals surface area contributed by atoms with Gasteiger partial charge in [0.1, 0.15) is 12.4 Å². The molecule has 0 aliphatic rings. The average Bonchev–Trinajstić information content (AvgIpc) is 2.38. The molecule has 1 unspecified atom stereocenters. The van der Waals surface area contributed by atoms with E-state index in [4.69, 9.17) is 9.84 Å². The van der Waals surface area contributed by atoms with Crippen LogP contribution in [-0.2, 0) is 4.79 Å². The molecule has 0 amide bonds. The average molecular weight is 280 g/mol. The van der Waals surface area contributed by atoms with E-state index in [0.29, 0.717) is 13.0 Å². The monoisotopic (exact) mass is 280 g/mol. The molecule has 20 heavy (non-hydrogen) atoms. The number of nitrogens with zero attached hydrogens (tertiary/aromatic N) is 1. The van der Waals surface area contributed by atoms with Crippen molar-refractivity contribution in [3.8, 4) is 5.75 Å². The molecule has 0 spiro atoms. The summed E-state index contributed by atoms with van der Waals surface area (Å²) in [5, 5.41) is 11.9. The lowest BCUT2D eigenvalue weighted by molar-refractivity contribution is -0.137. The number of ether oxygens (including phenoxy) is 1. The second kappa shape index (κ2) is 8.43. The largest absolute Gasteiger partial charge is 0.492 e. The van der Waals surface area contributed by atoms with Crippen molar-refractivity contribution >= 4 is 11.7 Å². The van der Waals surface area contributed by atoms with Gasteiger partial charge in [0.15, 0.2) is 0 Å². The standard InChI is InChI=1S/C15H24N2O3/c1-12(4-9-15(18)19)16-13-5-7-14(8-6-13)20-11-10-17(2)3/h5-8,12,16H,4,9-11H2,1-3H3,(H,18,19). The number of carboxylic acid groups (broad SMARTS) is 1. The van der Waals surface area contributed by atoms with Crippen molar-refractivity contribution in [2.24, 2.45) is 0 Å². The van der Waals surface area contributed by atoms with E-state index in [-0.39, 0.29) is 12.5 Å². The number of carboxylic acids is 1. The molecule has 0 fully saturated rings. The number of hydrogen-bond acceptors (Lipinski definition) is 4. The Kier molecular flexibility index (Phi) is 6.87. The zero-order valence-corrected chi connectivity index (χ0v) is 12.4. The van der Waals surface area contributed by atoms with Crippen molar-refractivity contribution in [2.75, 3.05) is 32.6 Å². The fourth-order valence-electron chi connectivity index (χ4n) is 1.69. The van der Waals surface area contributed by atoms with E-state index in [2.05, 4.69) is 10.2 Å². The summed E-state index contributed by atoms with van der Waals surface area (Å²) in [5.74, 6) is 0.0823. The number of nitrogens with one attached hydrogen (secondary N) is 1. The van der Waals surface area contributed by atoms with Crippen LogP contribution in [0, 0.1) is 0 Å². The van der Waals surface area contributed by atoms with Crippen LogP contribution in [0.25, 0.3) is 0 Å². The van der Waals surface area contributed by atoms with E-state index in [1.54, 1.807) is 0 Å². The summed E-state index contributed by atoms with van der Waals surface area (Å²) in [6.45, 7) is 3.52. The third kappa shape index (κ3) is 6.99. The van der Waals surface area contributed by atoms with Crippen LogP contribution in [0.15, 0.2) is 24.3 Å². The maximum Gasteiger partial charge on any atom is 0.303 e. The third-order valence-electron chi connectivity index (χ3n) is 2.87. The smallest absolute Gasteiger partial charge is 0.303 e. The Morgan fingerprint density at radius 1 is 1.35 bits per heavy atom. The zero-order chi connectivity index (χ0) is 15.0. The minimum Gasteiger partial charge on any atom is -0.492 e. The van der Waals surface area contributed by atoms with Crippen molar-refractivity contribution in [2.45, 2.75) is 25.8 Å². The lowest BCUT2D eigenvalue weighted by Crippen LogP contribution is -2.19. The second-order valence-corrected chi connectivity index (χ2v) is 5.15. The van der Waals surface area contributed by atoms with Crippen LogP contribution in [0.2, 0.25) is 0 Å². The van der Waals surface area contributed by atoms with Crippen LogP contribution in [0.5, 0.6) is 5.75 Å². The van der Waals surface area contributed by atoms with E-state index in [1.807, 2.05) is 45.3 Å². The summed E-state index contributed by atoms with van der Waals surface area (Å²) in [5.41, 5.74) is 0.975. The van der Waals surface area contributed by atoms with Gasteiger partial charge in [-0.3, -0.25) is 4.79 Å². The summed E-state index contributed by atoms with van der Waals surface area (Å²) in [6.07, 6.45) is 0.788. The van der Waals surface area contributed by atoms with E-state index in [9.17, 15) is 4.79 Å². The van der Waals surface area contributed by atoms with Crippen LogP contribution in [0.4, 0.5) is 5.69 Å². The van der Waals surface area contributed by atoms with Gasteiger partial charge in [0.25, 0.3) is 0 Å². The molecule has 0 aliphatic carbocycles. The summed E-state index contributed by atoms with van der Waals surface area (Å²) in [6, 6.07) is 7.86. The van der Waals surface area contributed by atoms with Crippen molar-refractivity contribution < 1.29 is 14.6 Å². The fourth-order valence-corrected chi connectivity index (χ4v) is 1.69. The van der Waals surface area contributed by atoms with Crippen LogP contribution in [0.1, 0.15) is 19.8 Å². The van der Waals surface area contributed by atoms with Gasteiger partial charge in [0.05, 0.1) is 0 Å². The molecule has 0 heterocycles. The van der Waals surface area contributed by atoms with Gasteiger partial charge >= 0.3 is 5.97 Å². The number of benzene rings is 1. The van der Waals surface area contributed by atoms with Crippen molar-refractivity contribution in [1.29, 1.82) is 0 Å². The molecule has 5 nitrogen and oxygen atoms in total. The predicted molar refractivity (Wildman–Crippen MR) is 80.4 cm³/mol. The number of rotatable bonds is 9. The normalized spacial score (nSPS) is 12.2. The first kappa shape index (κ1) is 16.3. The van der Waals surface area contributed by atoms with E-state index < -0.39 is 5.97 Å². The molecule has 0 saturated carbocycles. The Hall–Kier alpha value is -1.75. The van der Waals surface area contributed by atoms with Gasteiger partial charge in [-0.15, -0.1) is 0 Å². The molecular weight excluding hydrogens is 256 g/mol. The zero-order valence-electron chi connectivity index (χ0n) is 12.4. The van der Waals surface area contributed by atoms with Crippen LogP contribution >= 0.6 is 0 Å². The minimum atomic E-state index is -0.761. The first-order chi connectivity index (χ1) is 9.47. The van der Waals surface area contributed by atoms with Crippen molar-refractivity contribution in [1.82, 2.24) is 4.90 Å². The maximum absolute atomic E-state index is 10.5. The third-order valence-corrected chi connectivity index (χ3v) is 2.87. The van der Waals surface area contributed by atoms with Crippen LogP contribution in [-0.4, -0.2) is 49.3 Å². The van der Waals surface area contributed by atoms with Gasteiger partial charge in [-0.2, -0.15) is 0 Å². The molecular formula is C15H24N2O3. The first-order valence-electron chi connectivity index (χ1n) is 6.83. The van der Waals surface area contributed by atoms with Crippen molar-refractivity contribution in [3.63, 3.8) is 0 Å². The Morgan fingerprint density at radius 3 is 2.55 bits per heavy atom. The number of carbonyl (C=O) groups is 1. The molecule has 0 bridgehead atoms. The van der Waals surface area contributed by atoms with Gasteiger partial charge in [0, 0.05) is 24.7 Å². The Bertz CT molecular complexity index is 404. The van der Waals surface area contributed by atoms with Gasteiger partial charge in [-0.1, -0.05) is 0 Å². The quantitative estimate of drug-likeness (QED) is 0.726. The number of likely N-dealkylation sites (N-methyl/N-ethyl adjacent to an activating group) is 1. The molecule has 2 N–H and O–H groups in total. The number of anilines is 1. The molecule has 0 aliphatic heterocycles. The topological polar surface area (TPSA) is 61.8 Å². The molecule has 112 valence electrons. The van der Waals surface area contributed by atoms with Gasteiger partial charge in [0.2, 0.25) is 0 Å². The van der Waals surface area contributed by atoms with E-state index in [1.165, 1.54) is 0 Å². The summed E-state index contributed by atoms with van der Waals surface area (Å²) in [4.78, 5) is 12.6. The molecule has 0 aromatic heterocycles. The number of hydrogen-bond donors (Lipinski definition) is 2. The molecule has 1 rings (SSSR count). The van der Waals surface area contributed by atoms with Crippen LogP contribution in [0.3, 0.4) is 0 Å². The summed E-state index contributed by atoms with van der Waals surface area (Å²) in [7, 11) is 4.02. The molecule has 1 aromatic rings. The highest BCUT2D eigenvalue weighted by molar-refractivity contribution is 5.66. The van der Waals surface area contributed by atoms with Gasteiger partial charge in [-0.25, -0.2) is 0 Å². The second-order valence-electron chi connectivity index (χ2n) is 5.15. The Balaban J connectivity index is 2.36. The van der Waals surface area contributed by atoms with E-state index >= 15 is 0 Å². The van der Waals surface area contributed by atoms with Gasteiger partial charge in [-0.05, 0) is 51.7 Å². The highest BCUT2D eigenvalue weighted by Crippen LogP contribution is 2.17. The summed E-state index contributed by atoms with van der Waals surface area (Å²) >= 11 is 0. The molecule has 1 aromatic carbocycles. The first-order valence-corrected chi connectivity index (χ1v) is 6.83. The fraction of sp³-hybridized carbons (Fsp3) is 0.533. The van der Waals surface area contributed by atoms with Crippen LogP contribution < -0.4 is 10.1 Å². The highest BCUT2D eigenvalue weighted by Gasteiger charge is 2.05. The maximum atomic E-state index is 10.5. The minimum absolute atomic E-state index is 0.131. The lowest BCUT2D eigenvalue weighted by Gasteiger charge is -2.15. The lowest BCUT2D eigenvalue weighted by atomic mass is 10.1. The number of aliphatic carboxylic acids is 1. The Labute approximate surface area is 120 Å². The van der Waals surface area contributed by atoms with Gasteiger partial charge < -0.3 is 20.1 Å². The molecule has 0 saturated heterocycles. The van der Waals surface area contributed by atoms with E-state index in [0.717, 1.165) is 18.0 Å². The highest BCUT2D eigenvalue weighted by atomic mass is 16.5. The molecule has 5 heteroatoms. The predicted octanol–water partition coefficient (Wildman–Crippen LogP) is 2.29. The SMILES string of the molecule is CC(CCC(=O)O)Nc1ccc(OCCN(C)C)cc1. The molecule has 0 radical (unpaired) electrons. The Morgan fingerprint density at radius 2 is 2.00 bits per heavy atom. The molecule has 1 atom stereocenters.